The lowest BCUT2D eigenvalue weighted by Gasteiger charge is -2.23. The van der Waals surface area contributed by atoms with Crippen LogP contribution in [0.15, 0.2) is 18.2 Å². The van der Waals surface area contributed by atoms with Crippen LogP contribution in [0, 0.1) is 0 Å². The lowest BCUT2D eigenvalue weighted by molar-refractivity contribution is -0.122. The van der Waals surface area contributed by atoms with Gasteiger partial charge in [0.1, 0.15) is 5.75 Å². The third-order valence-corrected chi connectivity index (χ3v) is 3.09. The molecule has 0 aliphatic carbocycles. The van der Waals surface area contributed by atoms with E-state index in [0.717, 1.165) is 5.56 Å². The zero-order valence-electron chi connectivity index (χ0n) is 12.5. The smallest absolute Gasteiger partial charge is 0.314 e. The van der Waals surface area contributed by atoms with Crippen LogP contribution in [-0.4, -0.2) is 30.6 Å². The molecule has 6 heteroatoms. The fourth-order valence-corrected chi connectivity index (χ4v) is 2.05. The Bertz CT molecular complexity index is 543. The lowest BCUT2D eigenvalue weighted by atomic mass is 10.1. The summed E-state index contributed by atoms with van der Waals surface area (Å²) >= 11 is 0. The van der Waals surface area contributed by atoms with E-state index in [2.05, 4.69) is 16.0 Å². The molecule has 0 saturated heterocycles. The van der Waals surface area contributed by atoms with Crippen molar-refractivity contribution in [3.8, 4) is 5.75 Å². The largest absolute Gasteiger partial charge is 0.479 e. The van der Waals surface area contributed by atoms with Crippen molar-refractivity contribution >= 4 is 17.6 Å². The molecule has 0 saturated carbocycles. The molecular formula is C15H21N3O3. The molecule has 0 spiro atoms. The third-order valence-electron chi connectivity index (χ3n) is 3.09. The second kappa shape index (κ2) is 6.47. The number of amides is 3. The number of ether oxygens (including phenoxy) is 1. The van der Waals surface area contributed by atoms with Crippen LogP contribution >= 0.6 is 0 Å². The van der Waals surface area contributed by atoms with Crippen LogP contribution in [-0.2, 0) is 11.2 Å². The van der Waals surface area contributed by atoms with E-state index in [-0.39, 0.29) is 18.0 Å². The van der Waals surface area contributed by atoms with Gasteiger partial charge in [-0.25, -0.2) is 4.79 Å². The van der Waals surface area contributed by atoms with Gasteiger partial charge in [0.15, 0.2) is 6.10 Å². The van der Waals surface area contributed by atoms with Crippen LogP contribution < -0.4 is 20.7 Å². The number of nitrogens with one attached hydrogen (secondary N) is 3. The monoisotopic (exact) mass is 291 g/mol. The number of carbonyl (C=O) groups is 2. The van der Waals surface area contributed by atoms with E-state index >= 15 is 0 Å². The minimum Gasteiger partial charge on any atom is -0.479 e. The molecule has 1 aromatic rings. The Morgan fingerprint density at radius 1 is 1.43 bits per heavy atom. The summed E-state index contributed by atoms with van der Waals surface area (Å²) in [6, 6.07) is 5.59. The number of hydrogen-bond donors (Lipinski definition) is 3. The molecule has 3 amide bonds. The Morgan fingerprint density at radius 3 is 2.90 bits per heavy atom. The number of hydrogen-bond acceptors (Lipinski definition) is 3. The van der Waals surface area contributed by atoms with Crippen molar-refractivity contribution in [2.24, 2.45) is 0 Å². The summed E-state index contributed by atoms with van der Waals surface area (Å²) in [5, 5.41) is 8.36. The van der Waals surface area contributed by atoms with Gasteiger partial charge in [-0.3, -0.25) is 4.79 Å². The van der Waals surface area contributed by atoms with Crippen LogP contribution in [0.2, 0.25) is 0 Å². The summed E-state index contributed by atoms with van der Waals surface area (Å²) in [5.41, 5.74) is 1.71. The van der Waals surface area contributed by atoms with Crippen LogP contribution in [0.4, 0.5) is 10.5 Å². The van der Waals surface area contributed by atoms with E-state index in [1.54, 1.807) is 6.92 Å². The maximum absolute atomic E-state index is 11.6. The van der Waals surface area contributed by atoms with Crippen molar-refractivity contribution in [1.29, 1.82) is 0 Å². The minimum absolute atomic E-state index is 0.114. The van der Waals surface area contributed by atoms with Crippen LogP contribution in [0.3, 0.4) is 0 Å². The molecule has 1 atom stereocenters. The molecule has 3 N–H and O–H groups in total. The summed E-state index contributed by atoms with van der Waals surface area (Å²) in [5.74, 6) is 0.533. The Labute approximate surface area is 124 Å². The molecular weight excluding hydrogens is 270 g/mol. The second-order valence-electron chi connectivity index (χ2n) is 5.38. The average molecular weight is 291 g/mol. The summed E-state index contributed by atoms with van der Waals surface area (Å²) in [6.45, 7) is 6.06. The van der Waals surface area contributed by atoms with Gasteiger partial charge in [0.25, 0.3) is 5.91 Å². The van der Waals surface area contributed by atoms with E-state index in [1.165, 1.54) is 0 Å². The molecule has 0 aromatic heterocycles. The average Bonchev–Trinajstić information content (AvgIpc) is 2.39. The van der Waals surface area contributed by atoms with Crippen molar-refractivity contribution in [2.45, 2.75) is 39.3 Å². The molecule has 21 heavy (non-hydrogen) atoms. The van der Waals surface area contributed by atoms with Gasteiger partial charge in [-0.1, -0.05) is 6.07 Å². The normalized spacial score (nSPS) is 16.8. The summed E-state index contributed by atoms with van der Waals surface area (Å²) in [7, 11) is 0. The number of rotatable bonds is 4. The molecule has 1 unspecified atom stereocenters. The molecule has 6 nitrogen and oxygen atoms in total. The summed E-state index contributed by atoms with van der Waals surface area (Å²) in [6.07, 6.45) is 0.217. The summed E-state index contributed by atoms with van der Waals surface area (Å²) < 4.78 is 5.49. The zero-order chi connectivity index (χ0) is 15.4. The van der Waals surface area contributed by atoms with Gasteiger partial charge in [-0.2, -0.15) is 0 Å². The van der Waals surface area contributed by atoms with Crippen molar-refractivity contribution in [3.63, 3.8) is 0 Å². The fourth-order valence-electron chi connectivity index (χ4n) is 2.05. The van der Waals surface area contributed by atoms with Crippen LogP contribution in [0.1, 0.15) is 26.3 Å². The first-order valence-electron chi connectivity index (χ1n) is 7.10. The van der Waals surface area contributed by atoms with Gasteiger partial charge in [0.05, 0.1) is 5.69 Å². The van der Waals surface area contributed by atoms with E-state index in [9.17, 15) is 9.59 Å². The van der Waals surface area contributed by atoms with E-state index in [4.69, 9.17) is 4.74 Å². The predicted molar refractivity (Wildman–Crippen MR) is 80.5 cm³/mol. The van der Waals surface area contributed by atoms with E-state index < -0.39 is 6.10 Å². The van der Waals surface area contributed by atoms with Crippen molar-refractivity contribution in [3.05, 3.63) is 23.8 Å². The molecule has 114 valence electrons. The maximum atomic E-state index is 11.6. The fraction of sp³-hybridized carbons (Fsp3) is 0.467. The number of carbonyl (C=O) groups excluding carboxylic acids is 2. The van der Waals surface area contributed by atoms with Gasteiger partial charge in [-0.15, -0.1) is 0 Å². The standard InChI is InChI=1S/C15H21N3O3/c1-9(2)17-15(20)16-7-6-11-4-5-13-12(8-11)18-14(19)10(3)21-13/h4-5,8-10H,6-7H2,1-3H3,(H,18,19)(H2,16,17,20). The van der Waals surface area contributed by atoms with Crippen LogP contribution in [0.25, 0.3) is 0 Å². The van der Waals surface area contributed by atoms with Crippen molar-refractivity contribution in [2.75, 3.05) is 11.9 Å². The molecule has 1 aliphatic heterocycles. The first-order chi connectivity index (χ1) is 9.95. The van der Waals surface area contributed by atoms with Gasteiger partial charge in [0, 0.05) is 12.6 Å². The number of anilines is 1. The number of benzene rings is 1. The quantitative estimate of drug-likeness (QED) is 0.789. The Morgan fingerprint density at radius 2 is 2.19 bits per heavy atom. The Hall–Kier alpha value is -2.24. The SMILES string of the molecule is CC(C)NC(=O)NCCc1ccc2c(c1)NC(=O)C(C)O2. The first kappa shape index (κ1) is 15.2. The Balaban J connectivity index is 1.89. The highest BCUT2D eigenvalue weighted by molar-refractivity contribution is 5.97. The minimum atomic E-state index is -0.468. The van der Waals surface area contributed by atoms with Crippen molar-refractivity contribution in [1.82, 2.24) is 10.6 Å². The highest BCUT2D eigenvalue weighted by atomic mass is 16.5. The number of urea groups is 1. The van der Waals surface area contributed by atoms with Gasteiger partial charge in [0.2, 0.25) is 0 Å². The predicted octanol–water partition coefficient (Wildman–Crippen LogP) is 1.66. The zero-order valence-corrected chi connectivity index (χ0v) is 12.5. The molecule has 0 bridgehead atoms. The number of fused-ring (bicyclic) bond motifs is 1. The lowest BCUT2D eigenvalue weighted by Crippen LogP contribution is -2.40. The highest BCUT2D eigenvalue weighted by Crippen LogP contribution is 2.30. The first-order valence-corrected chi connectivity index (χ1v) is 7.10. The topological polar surface area (TPSA) is 79.5 Å². The molecule has 1 heterocycles. The van der Waals surface area contributed by atoms with E-state index in [1.807, 2.05) is 32.0 Å². The molecule has 1 aliphatic rings. The Kier molecular flexibility index (Phi) is 4.67. The van der Waals surface area contributed by atoms with E-state index in [0.29, 0.717) is 24.4 Å². The molecule has 0 radical (unpaired) electrons. The van der Waals surface area contributed by atoms with Gasteiger partial charge in [-0.05, 0) is 44.9 Å². The molecule has 2 rings (SSSR count). The highest BCUT2D eigenvalue weighted by Gasteiger charge is 2.23. The van der Waals surface area contributed by atoms with Crippen LogP contribution in [0.5, 0.6) is 5.75 Å². The molecule has 0 fully saturated rings. The second-order valence-corrected chi connectivity index (χ2v) is 5.38. The molecule has 1 aromatic carbocycles. The third kappa shape index (κ3) is 4.11. The maximum Gasteiger partial charge on any atom is 0.314 e. The van der Waals surface area contributed by atoms with Gasteiger partial charge < -0.3 is 20.7 Å². The van der Waals surface area contributed by atoms with Crippen molar-refractivity contribution < 1.29 is 14.3 Å². The summed E-state index contributed by atoms with van der Waals surface area (Å²) in [4.78, 5) is 23.0. The van der Waals surface area contributed by atoms with Gasteiger partial charge >= 0.3 is 6.03 Å².